The molecule has 0 spiro atoms. The molecule has 0 bridgehead atoms. The van der Waals surface area contributed by atoms with E-state index in [0.717, 1.165) is 15.6 Å². The molecule has 1 aliphatic heterocycles. The number of aromatic nitrogens is 2. The van der Waals surface area contributed by atoms with Crippen LogP contribution in [0, 0.1) is 0 Å². The zero-order valence-corrected chi connectivity index (χ0v) is 12.3. The Morgan fingerprint density at radius 3 is 2.95 bits per heavy atom. The summed E-state index contributed by atoms with van der Waals surface area (Å²) in [4.78, 5) is 20.4. The van der Waals surface area contributed by atoms with Crippen molar-refractivity contribution in [2.75, 3.05) is 6.61 Å². The van der Waals surface area contributed by atoms with E-state index < -0.39 is 0 Å². The van der Waals surface area contributed by atoms with Gasteiger partial charge in [-0.3, -0.25) is 4.79 Å². The summed E-state index contributed by atoms with van der Waals surface area (Å²) >= 11 is 7.47. The standard InChI is InChI=1S/C14H13ClN2O2S/c15-9-1-3-10(4-2-9)20-8-13-16-12-5-6-19-7-11(12)14(18)17-13/h1-4H,5-8H2,(H,16,17,18). The van der Waals surface area contributed by atoms with Gasteiger partial charge in [0.1, 0.15) is 5.82 Å². The molecule has 6 heteroatoms. The minimum absolute atomic E-state index is 0.0820. The maximum absolute atomic E-state index is 11.9. The van der Waals surface area contributed by atoms with E-state index in [9.17, 15) is 4.79 Å². The van der Waals surface area contributed by atoms with Gasteiger partial charge in [0, 0.05) is 16.3 Å². The number of thioether (sulfide) groups is 1. The molecule has 0 fully saturated rings. The van der Waals surface area contributed by atoms with Crippen molar-refractivity contribution in [2.24, 2.45) is 0 Å². The first-order valence-electron chi connectivity index (χ1n) is 6.29. The van der Waals surface area contributed by atoms with Crippen LogP contribution in [0.5, 0.6) is 0 Å². The summed E-state index contributed by atoms with van der Waals surface area (Å²) in [5.74, 6) is 1.33. The molecule has 3 rings (SSSR count). The van der Waals surface area contributed by atoms with Gasteiger partial charge in [-0.25, -0.2) is 4.98 Å². The number of rotatable bonds is 3. The highest BCUT2D eigenvalue weighted by Gasteiger charge is 2.15. The summed E-state index contributed by atoms with van der Waals surface area (Å²) in [7, 11) is 0. The second-order valence-corrected chi connectivity index (χ2v) is 5.97. The van der Waals surface area contributed by atoms with E-state index in [4.69, 9.17) is 16.3 Å². The van der Waals surface area contributed by atoms with Crippen LogP contribution in [0.4, 0.5) is 0 Å². The third kappa shape index (κ3) is 3.06. The lowest BCUT2D eigenvalue weighted by molar-refractivity contribution is 0.108. The van der Waals surface area contributed by atoms with Crippen LogP contribution in [0.15, 0.2) is 34.0 Å². The molecule has 0 saturated carbocycles. The van der Waals surface area contributed by atoms with E-state index in [1.807, 2.05) is 24.3 Å². The van der Waals surface area contributed by atoms with Crippen LogP contribution in [-0.4, -0.2) is 16.6 Å². The maximum atomic E-state index is 11.9. The third-order valence-electron chi connectivity index (χ3n) is 3.07. The lowest BCUT2D eigenvalue weighted by Gasteiger charge is -2.15. The van der Waals surface area contributed by atoms with E-state index in [1.165, 1.54) is 0 Å². The molecule has 2 heterocycles. The van der Waals surface area contributed by atoms with Crippen molar-refractivity contribution in [1.82, 2.24) is 9.97 Å². The highest BCUT2D eigenvalue weighted by Crippen LogP contribution is 2.23. The number of nitrogens with one attached hydrogen (secondary N) is 1. The van der Waals surface area contributed by atoms with Crippen molar-refractivity contribution >= 4 is 23.4 Å². The van der Waals surface area contributed by atoms with Gasteiger partial charge in [0.25, 0.3) is 5.56 Å². The van der Waals surface area contributed by atoms with Gasteiger partial charge in [0.05, 0.1) is 30.2 Å². The van der Waals surface area contributed by atoms with Gasteiger partial charge in [-0.1, -0.05) is 11.6 Å². The van der Waals surface area contributed by atoms with Crippen molar-refractivity contribution < 1.29 is 4.74 Å². The first kappa shape index (κ1) is 13.7. The largest absolute Gasteiger partial charge is 0.376 e. The molecule has 2 aromatic rings. The Hall–Kier alpha value is -1.30. The number of hydrogen-bond donors (Lipinski definition) is 1. The van der Waals surface area contributed by atoms with Gasteiger partial charge >= 0.3 is 0 Å². The second-order valence-electron chi connectivity index (χ2n) is 4.48. The quantitative estimate of drug-likeness (QED) is 0.886. The number of benzene rings is 1. The minimum atomic E-state index is -0.0820. The van der Waals surface area contributed by atoms with Gasteiger partial charge < -0.3 is 9.72 Å². The molecule has 0 amide bonds. The molecule has 1 aliphatic rings. The number of hydrogen-bond acceptors (Lipinski definition) is 4. The third-order valence-corrected chi connectivity index (χ3v) is 4.34. The summed E-state index contributed by atoms with van der Waals surface area (Å²) < 4.78 is 5.28. The first-order valence-corrected chi connectivity index (χ1v) is 7.66. The Morgan fingerprint density at radius 2 is 2.15 bits per heavy atom. The molecule has 0 atom stereocenters. The highest BCUT2D eigenvalue weighted by atomic mass is 35.5. The van der Waals surface area contributed by atoms with Crippen LogP contribution in [0.2, 0.25) is 5.02 Å². The molecule has 1 N–H and O–H groups in total. The van der Waals surface area contributed by atoms with Crippen LogP contribution in [0.25, 0.3) is 0 Å². The molecule has 4 nitrogen and oxygen atoms in total. The van der Waals surface area contributed by atoms with Crippen LogP contribution < -0.4 is 5.56 Å². The zero-order chi connectivity index (χ0) is 13.9. The number of ether oxygens (including phenoxy) is 1. The first-order chi connectivity index (χ1) is 9.72. The Morgan fingerprint density at radius 1 is 1.35 bits per heavy atom. The normalized spacial score (nSPS) is 14.1. The van der Waals surface area contributed by atoms with E-state index in [-0.39, 0.29) is 5.56 Å². The molecule has 0 radical (unpaired) electrons. The summed E-state index contributed by atoms with van der Waals surface area (Å²) in [6.07, 6.45) is 0.706. The van der Waals surface area contributed by atoms with Crippen molar-refractivity contribution in [1.29, 1.82) is 0 Å². The van der Waals surface area contributed by atoms with Gasteiger partial charge in [0.2, 0.25) is 0 Å². The highest BCUT2D eigenvalue weighted by molar-refractivity contribution is 7.98. The number of H-pyrrole nitrogens is 1. The van der Waals surface area contributed by atoms with E-state index in [0.29, 0.717) is 36.8 Å². The van der Waals surface area contributed by atoms with Crippen molar-refractivity contribution in [2.45, 2.75) is 23.7 Å². The zero-order valence-electron chi connectivity index (χ0n) is 10.7. The van der Waals surface area contributed by atoms with Gasteiger partial charge in [-0.15, -0.1) is 11.8 Å². The Bertz CT molecular complexity index is 670. The molecule has 0 aliphatic carbocycles. The van der Waals surface area contributed by atoms with Crippen LogP contribution in [0.1, 0.15) is 17.1 Å². The van der Waals surface area contributed by atoms with E-state index >= 15 is 0 Å². The predicted octanol–water partition coefficient (Wildman–Crippen LogP) is 2.79. The molecule has 1 aromatic carbocycles. The van der Waals surface area contributed by atoms with E-state index in [2.05, 4.69) is 9.97 Å². The van der Waals surface area contributed by atoms with Crippen LogP contribution in [-0.2, 0) is 23.5 Å². The van der Waals surface area contributed by atoms with E-state index in [1.54, 1.807) is 11.8 Å². The average Bonchev–Trinajstić information content (AvgIpc) is 2.47. The summed E-state index contributed by atoms with van der Waals surface area (Å²) in [5, 5.41) is 0.717. The molecule has 0 saturated heterocycles. The van der Waals surface area contributed by atoms with Crippen molar-refractivity contribution in [3.8, 4) is 0 Å². The number of nitrogens with zero attached hydrogens (tertiary/aromatic N) is 1. The number of fused-ring (bicyclic) bond motifs is 1. The van der Waals surface area contributed by atoms with Crippen LogP contribution in [0.3, 0.4) is 0 Å². The smallest absolute Gasteiger partial charge is 0.256 e. The average molecular weight is 309 g/mol. The number of halogens is 1. The molecule has 1 aromatic heterocycles. The summed E-state index contributed by atoms with van der Waals surface area (Å²) in [6.45, 7) is 0.996. The fourth-order valence-electron chi connectivity index (χ4n) is 2.05. The molecule has 20 heavy (non-hydrogen) atoms. The second kappa shape index (κ2) is 5.99. The Labute approximate surface area is 125 Å². The van der Waals surface area contributed by atoms with Gasteiger partial charge in [-0.2, -0.15) is 0 Å². The van der Waals surface area contributed by atoms with Crippen molar-refractivity contribution in [3.05, 3.63) is 56.7 Å². The Balaban J connectivity index is 1.76. The lowest BCUT2D eigenvalue weighted by Crippen LogP contribution is -2.25. The monoisotopic (exact) mass is 308 g/mol. The SMILES string of the molecule is O=c1[nH]c(CSc2ccc(Cl)cc2)nc2c1COCC2. The minimum Gasteiger partial charge on any atom is -0.376 e. The molecular formula is C14H13ClN2O2S. The molecular weight excluding hydrogens is 296 g/mol. The fraction of sp³-hybridized carbons (Fsp3) is 0.286. The van der Waals surface area contributed by atoms with Crippen molar-refractivity contribution in [3.63, 3.8) is 0 Å². The summed E-state index contributed by atoms with van der Waals surface area (Å²) in [6, 6.07) is 7.61. The fourth-order valence-corrected chi connectivity index (χ4v) is 2.94. The van der Waals surface area contributed by atoms with Crippen LogP contribution >= 0.6 is 23.4 Å². The summed E-state index contributed by atoms with van der Waals surface area (Å²) in [5.41, 5.74) is 1.45. The van der Waals surface area contributed by atoms with Gasteiger partial charge in [0.15, 0.2) is 0 Å². The predicted molar refractivity (Wildman–Crippen MR) is 79.2 cm³/mol. The molecule has 104 valence electrons. The Kier molecular flexibility index (Phi) is 4.10. The molecule has 0 unspecified atom stereocenters. The number of aromatic amines is 1. The maximum Gasteiger partial charge on any atom is 0.256 e. The lowest BCUT2D eigenvalue weighted by atomic mass is 10.1. The van der Waals surface area contributed by atoms with Gasteiger partial charge in [-0.05, 0) is 24.3 Å². The topological polar surface area (TPSA) is 55.0 Å².